The van der Waals surface area contributed by atoms with Gasteiger partial charge in [0.25, 0.3) is 0 Å². The summed E-state index contributed by atoms with van der Waals surface area (Å²) in [7, 11) is 0. The van der Waals surface area contributed by atoms with Crippen molar-refractivity contribution >= 4 is 27.6 Å². The molecule has 0 saturated heterocycles. The maximum Gasteiger partial charge on any atom is 0.328 e. The molecule has 0 aliphatic heterocycles. The quantitative estimate of drug-likeness (QED) is 0.928. The molecule has 0 bridgehead atoms. The SMILES string of the molecule is CCN(c1ccc(C#N)cc1Br)C(C)(C)C(=O)O. The molecule has 1 rings (SSSR count). The summed E-state index contributed by atoms with van der Waals surface area (Å²) in [5.74, 6) is -0.888. The Balaban J connectivity index is 3.27. The zero-order valence-electron chi connectivity index (χ0n) is 10.6. The van der Waals surface area contributed by atoms with Crippen LogP contribution in [0.15, 0.2) is 22.7 Å². The minimum atomic E-state index is -1.01. The Morgan fingerprint density at radius 1 is 1.56 bits per heavy atom. The highest BCUT2D eigenvalue weighted by Crippen LogP contribution is 2.32. The minimum absolute atomic E-state index is 0.537. The van der Waals surface area contributed by atoms with Crippen LogP contribution >= 0.6 is 15.9 Å². The van der Waals surface area contributed by atoms with Gasteiger partial charge >= 0.3 is 5.97 Å². The van der Waals surface area contributed by atoms with Crippen molar-refractivity contribution in [2.24, 2.45) is 0 Å². The average Bonchev–Trinajstić information content (AvgIpc) is 2.31. The summed E-state index contributed by atoms with van der Waals surface area (Å²) in [4.78, 5) is 13.1. The number of nitriles is 1. The van der Waals surface area contributed by atoms with Crippen molar-refractivity contribution in [3.05, 3.63) is 28.2 Å². The van der Waals surface area contributed by atoms with Crippen LogP contribution in [0.25, 0.3) is 0 Å². The summed E-state index contributed by atoms with van der Waals surface area (Å²) in [6, 6.07) is 7.18. The Bertz CT molecular complexity index is 506. The van der Waals surface area contributed by atoms with Crippen LogP contribution in [-0.4, -0.2) is 23.2 Å². The van der Waals surface area contributed by atoms with E-state index in [1.165, 1.54) is 0 Å². The molecule has 0 amide bonds. The third-order valence-corrected chi connectivity index (χ3v) is 3.52. The second-order valence-electron chi connectivity index (χ2n) is 4.39. The van der Waals surface area contributed by atoms with E-state index in [2.05, 4.69) is 15.9 Å². The number of anilines is 1. The highest BCUT2D eigenvalue weighted by atomic mass is 79.9. The number of carboxylic acid groups (broad SMARTS) is 1. The van der Waals surface area contributed by atoms with Gasteiger partial charge in [0.05, 0.1) is 17.3 Å². The smallest absolute Gasteiger partial charge is 0.328 e. The molecule has 0 aromatic heterocycles. The van der Waals surface area contributed by atoms with Crippen LogP contribution in [0.5, 0.6) is 0 Å². The summed E-state index contributed by atoms with van der Waals surface area (Å²) in [5.41, 5.74) is 0.296. The average molecular weight is 311 g/mol. The van der Waals surface area contributed by atoms with E-state index in [-0.39, 0.29) is 0 Å². The second kappa shape index (κ2) is 5.40. The van der Waals surface area contributed by atoms with E-state index < -0.39 is 11.5 Å². The molecular formula is C13H15BrN2O2. The number of halogens is 1. The molecule has 5 heteroatoms. The number of benzene rings is 1. The van der Waals surface area contributed by atoms with Crippen molar-refractivity contribution in [2.45, 2.75) is 26.3 Å². The first kappa shape index (κ1) is 14.5. The maximum absolute atomic E-state index is 11.3. The van der Waals surface area contributed by atoms with Gasteiger partial charge < -0.3 is 10.0 Å². The van der Waals surface area contributed by atoms with Gasteiger partial charge in [0.15, 0.2) is 0 Å². The molecular weight excluding hydrogens is 296 g/mol. The number of rotatable bonds is 4. The van der Waals surface area contributed by atoms with Crippen molar-refractivity contribution < 1.29 is 9.90 Å². The van der Waals surface area contributed by atoms with Crippen LogP contribution in [0.3, 0.4) is 0 Å². The summed E-state index contributed by atoms with van der Waals surface area (Å²) >= 11 is 3.39. The number of nitrogens with zero attached hydrogens (tertiary/aromatic N) is 2. The molecule has 0 fully saturated rings. The number of hydrogen-bond acceptors (Lipinski definition) is 3. The molecule has 4 nitrogen and oxygen atoms in total. The van der Waals surface area contributed by atoms with Crippen molar-refractivity contribution in [1.29, 1.82) is 5.26 Å². The Morgan fingerprint density at radius 3 is 2.56 bits per heavy atom. The van der Waals surface area contributed by atoms with Crippen LogP contribution in [-0.2, 0) is 4.79 Å². The zero-order valence-corrected chi connectivity index (χ0v) is 12.2. The fourth-order valence-electron chi connectivity index (χ4n) is 1.78. The van der Waals surface area contributed by atoms with Crippen LogP contribution in [0.1, 0.15) is 26.3 Å². The van der Waals surface area contributed by atoms with Crippen molar-refractivity contribution in [3.8, 4) is 6.07 Å². The highest BCUT2D eigenvalue weighted by molar-refractivity contribution is 9.10. The largest absolute Gasteiger partial charge is 0.480 e. The zero-order chi connectivity index (χ0) is 13.9. The predicted molar refractivity (Wildman–Crippen MR) is 73.6 cm³/mol. The summed E-state index contributed by atoms with van der Waals surface area (Å²) in [6.45, 7) is 5.77. The molecule has 0 atom stereocenters. The second-order valence-corrected chi connectivity index (χ2v) is 5.24. The van der Waals surface area contributed by atoms with Gasteiger partial charge in [-0.2, -0.15) is 5.26 Å². The van der Waals surface area contributed by atoms with Gasteiger partial charge in [-0.3, -0.25) is 0 Å². The molecule has 0 saturated carbocycles. The molecule has 0 heterocycles. The van der Waals surface area contributed by atoms with E-state index in [1.54, 1.807) is 36.9 Å². The lowest BCUT2D eigenvalue weighted by Crippen LogP contribution is -2.50. The van der Waals surface area contributed by atoms with Gasteiger partial charge in [-0.15, -0.1) is 0 Å². The standard InChI is InChI=1S/C13H15BrN2O2/c1-4-16(13(2,3)12(17)18)11-6-5-9(8-15)7-10(11)14/h5-7H,4H2,1-3H3,(H,17,18). The fraction of sp³-hybridized carbons (Fsp3) is 0.385. The molecule has 1 aromatic carbocycles. The lowest BCUT2D eigenvalue weighted by Gasteiger charge is -2.36. The number of likely N-dealkylation sites (N-methyl/N-ethyl adjacent to an activating group) is 1. The van der Waals surface area contributed by atoms with E-state index in [0.29, 0.717) is 12.1 Å². The monoisotopic (exact) mass is 310 g/mol. The molecule has 0 unspecified atom stereocenters. The van der Waals surface area contributed by atoms with E-state index in [9.17, 15) is 9.90 Å². The van der Waals surface area contributed by atoms with Gasteiger partial charge in [0.1, 0.15) is 5.54 Å². The van der Waals surface area contributed by atoms with Gasteiger partial charge in [-0.05, 0) is 54.9 Å². The molecule has 18 heavy (non-hydrogen) atoms. The molecule has 0 spiro atoms. The van der Waals surface area contributed by atoms with Crippen LogP contribution < -0.4 is 4.90 Å². The summed E-state index contributed by atoms with van der Waals surface area (Å²) in [6.07, 6.45) is 0. The molecule has 0 radical (unpaired) electrons. The highest BCUT2D eigenvalue weighted by Gasteiger charge is 2.34. The molecule has 0 aliphatic rings. The maximum atomic E-state index is 11.3. The van der Waals surface area contributed by atoms with Crippen LogP contribution in [0, 0.1) is 11.3 Å². The van der Waals surface area contributed by atoms with E-state index in [0.717, 1.165) is 10.2 Å². The molecule has 1 aromatic rings. The first-order chi connectivity index (χ1) is 8.34. The van der Waals surface area contributed by atoms with Crippen molar-refractivity contribution in [1.82, 2.24) is 0 Å². The van der Waals surface area contributed by atoms with Crippen LogP contribution in [0.4, 0.5) is 5.69 Å². The lowest BCUT2D eigenvalue weighted by molar-refractivity contribution is -0.142. The molecule has 96 valence electrons. The van der Waals surface area contributed by atoms with Gasteiger partial charge in [-0.25, -0.2) is 4.79 Å². The normalized spacial score (nSPS) is 10.8. The molecule has 0 aliphatic carbocycles. The van der Waals surface area contributed by atoms with Gasteiger partial charge in [0.2, 0.25) is 0 Å². The van der Waals surface area contributed by atoms with E-state index in [1.807, 2.05) is 13.0 Å². The third-order valence-electron chi connectivity index (χ3n) is 2.88. The Kier molecular flexibility index (Phi) is 4.36. The fourth-order valence-corrected chi connectivity index (χ4v) is 2.37. The minimum Gasteiger partial charge on any atom is -0.480 e. The van der Waals surface area contributed by atoms with E-state index in [4.69, 9.17) is 5.26 Å². The third kappa shape index (κ3) is 2.65. The predicted octanol–water partition coefficient (Wildman–Crippen LogP) is 3.01. The summed E-state index contributed by atoms with van der Waals surface area (Å²) in [5, 5.41) is 18.1. The first-order valence-corrected chi connectivity index (χ1v) is 6.34. The van der Waals surface area contributed by atoms with Gasteiger partial charge in [0, 0.05) is 11.0 Å². The topological polar surface area (TPSA) is 64.3 Å². The number of hydrogen-bond donors (Lipinski definition) is 1. The Labute approximate surface area is 115 Å². The molecule has 1 N–H and O–H groups in total. The van der Waals surface area contributed by atoms with Crippen molar-refractivity contribution in [3.63, 3.8) is 0 Å². The van der Waals surface area contributed by atoms with Crippen molar-refractivity contribution in [2.75, 3.05) is 11.4 Å². The Hall–Kier alpha value is -1.54. The Morgan fingerprint density at radius 2 is 2.17 bits per heavy atom. The number of carbonyl (C=O) groups is 1. The van der Waals surface area contributed by atoms with Gasteiger partial charge in [-0.1, -0.05) is 0 Å². The number of aliphatic carboxylic acids is 1. The lowest BCUT2D eigenvalue weighted by atomic mass is 10.0. The number of carboxylic acids is 1. The summed E-state index contributed by atoms with van der Waals surface area (Å²) < 4.78 is 0.720. The van der Waals surface area contributed by atoms with E-state index >= 15 is 0 Å². The first-order valence-electron chi connectivity index (χ1n) is 5.55. The van der Waals surface area contributed by atoms with Crippen LogP contribution in [0.2, 0.25) is 0 Å².